The molecule has 2 aromatic heterocycles. The first-order valence-corrected chi connectivity index (χ1v) is 15.1. The molecule has 0 bridgehead atoms. The molecule has 4 heterocycles. The standard InChI is InChI=1S/C31H38BrN5O2/c1-4-39-27-19-22-18-23(32)7-8-24(22)28(27)37-17-16-36(20-21(37)2)31(3)10-14-35(15-11-31)30(38)26-9-13-34-29-25(26)6-5-12-33-29/h5-9,12-13,18,21,27-28H,4,10-11,14-17,19-20H2,1-3H3. The van der Waals surface area contributed by atoms with Gasteiger partial charge in [0.25, 0.3) is 5.91 Å². The molecule has 1 amide bonds. The molecule has 2 fully saturated rings. The number of likely N-dealkylation sites (tertiary alicyclic amines) is 1. The van der Waals surface area contributed by atoms with Gasteiger partial charge in [0.05, 0.1) is 17.7 Å². The molecule has 39 heavy (non-hydrogen) atoms. The lowest BCUT2D eigenvalue weighted by Gasteiger charge is -2.53. The third-order valence-electron chi connectivity index (χ3n) is 9.25. The molecule has 2 aliphatic heterocycles. The van der Waals surface area contributed by atoms with Crippen molar-refractivity contribution in [2.24, 2.45) is 0 Å². The number of ether oxygens (including phenoxy) is 1. The van der Waals surface area contributed by atoms with Crippen molar-refractivity contribution in [1.29, 1.82) is 0 Å². The van der Waals surface area contributed by atoms with Gasteiger partial charge in [-0.25, -0.2) is 9.97 Å². The molecule has 1 aliphatic carbocycles. The summed E-state index contributed by atoms with van der Waals surface area (Å²) in [5.41, 5.74) is 4.25. The van der Waals surface area contributed by atoms with Crippen LogP contribution >= 0.6 is 15.9 Å². The van der Waals surface area contributed by atoms with Crippen molar-refractivity contribution in [3.8, 4) is 0 Å². The fourth-order valence-electron chi connectivity index (χ4n) is 7.05. The predicted octanol–water partition coefficient (Wildman–Crippen LogP) is 5.10. The Hall–Kier alpha value is -2.39. The molecule has 3 aromatic rings. The maximum atomic E-state index is 13.5. The van der Waals surface area contributed by atoms with Gasteiger partial charge in [0.15, 0.2) is 5.65 Å². The Morgan fingerprint density at radius 1 is 1.10 bits per heavy atom. The molecule has 8 heteroatoms. The van der Waals surface area contributed by atoms with Gasteiger partial charge in [0.1, 0.15) is 0 Å². The maximum Gasteiger partial charge on any atom is 0.254 e. The number of carbonyl (C=O) groups excluding carboxylic acids is 1. The number of aromatic nitrogens is 2. The first kappa shape index (κ1) is 26.8. The first-order valence-electron chi connectivity index (χ1n) is 14.3. The largest absolute Gasteiger partial charge is 0.376 e. The van der Waals surface area contributed by atoms with Crippen LogP contribution in [-0.4, -0.2) is 87.6 Å². The Morgan fingerprint density at radius 3 is 2.67 bits per heavy atom. The molecule has 0 saturated carbocycles. The van der Waals surface area contributed by atoms with E-state index in [9.17, 15) is 4.79 Å². The van der Waals surface area contributed by atoms with Gasteiger partial charge in [-0.3, -0.25) is 14.6 Å². The van der Waals surface area contributed by atoms with Gasteiger partial charge >= 0.3 is 0 Å². The first-order chi connectivity index (χ1) is 18.9. The maximum absolute atomic E-state index is 13.5. The van der Waals surface area contributed by atoms with E-state index in [0.717, 1.165) is 68.5 Å². The molecular formula is C31H38BrN5O2. The molecule has 0 radical (unpaired) electrons. The minimum atomic E-state index is 0.0872. The summed E-state index contributed by atoms with van der Waals surface area (Å²) < 4.78 is 7.42. The lowest BCUT2D eigenvalue weighted by molar-refractivity contribution is -0.0630. The third kappa shape index (κ3) is 5.01. The van der Waals surface area contributed by atoms with Gasteiger partial charge in [-0.15, -0.1) is 0 Å². The zero-order valence-corrected chi connectivity index (χ0v) is 24.7. The Kier molecular flexibility index (Phi) is 7.48. The van der Waals surface area contributed by atoms with E-state index in [0.29, 0.717) is 23.3 Å². The molecule has 2 saturated heterocycles. The molecule has 0 N–H and O–H groups in total. The van der Waals surface area contributed by atoms with Gasteiger partial charge in [0, 0.05) is 79.6 Å². The van der Waals surface area contributed by atoms with Crippen molar-refractivity contribution in [3.05, 3.63) is 70.0 Å². The molecule has 1 aromatic carbocycles. The average molecular weight is 593 g/mol. The van der Waals surface area contributed by atoms with E-state index in [-0.39, 0.29) is 17.6 Å². The van der Waals surface area contributed by atoms with Crippen LogP contribution < -0.4 is 0 Å². The Balaban J connectivity index is 1.12. The number of pyridine rings is 2. The average Bonchev–Trinajstić information content (AvgIpc) is 3.29. The van der Waals surface area contributed by atoms with E-state index in [2.05, 4.69) is 74.7 Å². The number of nitrogens with zero attached hydrogens (tertiary/aromatic N) is 5. The smallest absolute Gasteiger partial charge is 0.254 e. The van der Waals surface area contributed by atoms with Crippen molar-refractivity contribution in [2.75, 3.05) is 39.3 Å². The lowest BCUT2D eigenvalue weighted by Crippen LogP contribution is -2.62. The van der Waals surface area contributed by atoms with Gasteiger partial charge in [0.2, 0.25) is 0 Å². The van der Waals surface area contributed by atoms with E-state index in [4.69, 9.17) is 4.74 Å². The minimum absolute atomic E-state index is 0.0872. The van der Waals surface area contributed by atoms with Crippen LogP contribution in [0.4, 0.5) is 0 Å². The monoisotopic (exact) mass is 591 g/mol. The predicted molar refractivity (Wildman–Crippen MR) is 157 cm³/mol. The third-order valence-corrected chi connectivity index (χ3v) is 9.74. The highest BCUT2D eigenvalue weighted by atomic mass is 79.9. The number of piperazine rings is 1. The molecule has 7 nitrogen and oxygen atoms in total. The molecule has 3 aliphatic rings. The highest BCUT2D eigenvalue weighted by Gasteiger charge is 2.44. The highest BCUT2D eigenvalue weighted by molar-refractivity contribution is 9.10. The molecule has 206 valence electrons. The topological polar surface area (TPSA) is 61.8 Å². The van der Waals surface area contributed by atoms with Crippen LogP contribution in [0, 0.1) is 0 Å². The van der Waals surface area contributed by atoms with E-state index >= 15 is 0 Å². The number of halogens is 1. The summed E-state index contributed by atoms with van der Waals surface area (Å²) in [6, 6.07) is 13.1. The second-order valence-corrected chi connectivity index (χ2v) is 12.5. The number of amides is 1. The number of hydrogen-bond acceptors (Lipinski definition) is 6. The van der Waals surface area contributed by atoms with Crippen LogP contribution in [0.15, 0.2) is 53.3 Å². The summed E-state index contributed by atoms with van der Waals surface area (Å²) in [6.07, 6.45) is 6.55. The second-order valence-electron chi connectivity index (χ2n) is 11.5. The number of piperidine rings is 1. The van der Waals surface area contributed by atoms with Gasteiger partial charge < -0.3 is 9.64 Å². The second kappa shape index (κ2) is 10.9. The van der Waals surface area contributed by atoms with E-state index in [1.807, 2.05) is 23.1 Å². The summed E-state index contributed by atoms with van der Waals surface area (Å²) in [6.45, 7) is 12.2. The van der Waals surface area contributed by atoms with E-state index in [1.165, 1.54) is 11.1 Å². The molecule has 0 spiro atoms. The summed E-state index contributed by atoms with van der Waals surface area (Å²) in [4.78, 5) is 29.5. The SMILES string of the molecule is CCOC1Cc2cc(Br)ccc2C1N1CCN(C2(C)CCN(C(=O)c3ccnc4ncccc34)CC2)CC1C. The quantitative estimate of drug-likeness (QED) is 0.411. The Morgan fingerprint density at radius 2 is 1.90 bits per heavy atom. The van der Waals surface area contributed by atoms with E-state index < -0.39 is 0 Å². The molecule has 3 atom stereocenters. The molecule has 3 unspecified atom stereocenters. The van der Waals surface area contributed by atoms with Crippen molar-refractivity contribution >= 4 is 32.9 Å². The van der Waals surface area contributed by atoms with Crippen LogP contribution in [0.25, 0.3) is 11.0 Å². The van der Waals surface area contributed by atoms with Crippen molar-refractivity contribution < 1.29 is 9.53 Å². The van der Waals surface area contributed by atoms with Gasteiger partial charge in [-0.2, -0.15) is 0 Å². The minimum Gasteiger partial charge on any atom is -0.376 e. The van der Waals surface area contributed by atoms with Crippen molar-refractivity contribution in [2.45, 2.75) is 63.8 Å². The fraction of sp³-hybridized carbons (Fsp3) is 0.516. The van der Waals surface area contributed by atoms with Crippen molar-refractivity contribution in [1.82, 2.24) is 24.7 Å². The highest BCUT2D eigenvalue weighted by Crippen LogP contribution is 2.42. The van der Waals surface area contributed by atoms with Crippen LogP contribution in [0.1, 0.15) is 61.1 Å². The van der Waals surface area contributed by atoms with Crippen LogP contribution in [-0.2, 0) is 11.2 Å². The summed E-state index contributed by atoms with van der Waals surface area (Å²) >= 11 is 3.66. The lowest BCUT2D eigenvalue weighted by atomic mass is 9.86. The zero-order chi connectivity index (χ0) is 27.1. The van der Waals surface area contributed by atoms with Gasteiger partial charge in [-0.05, 0) is 75.1 Å². The number of rotatable bonds is 5. The van der Waals surface area contributed by atoms with Crippen LogP contribution in [0.2, 0.25) is 0 Å². The number of fused-ring (bicyclic) bond motifs is 2. The van der Waals surface area contributed by atoms with E-state index in [1.54, 1.807) is 12.4 Å². The summed E-state index contributed by atoms with van der Waals surface area (Å²) in [7, 11) is 0. The normalized spacial score (nSPS) is 25.6. The Labute approximate surface area is 239 Å². The Bertz CT molecular complexity index is 1350. The molecular weight excluding hydrogens is 554 g/mol. The number of benzene rings is 1. The van der Waals surface area contributed by atoms with Crippen LogP contribution in [0.5, 0.6) is 0 Å². The van der Waals surface area contributed by atoms with Crippen LogP contribution in [0.3, 0.4) is 0 Å². The molecule has 6 rings (SSSR count). The number of hydrogen-bond donors (Lipinski definition) is 0. The van der Waals surface area contributed by atoms with Crippen molar-refractivity contribution in [3.63, 3.8) is 0 Å². The fourth-order valence-corrected chi connectivity index (χ4v) is 7.46. The summed E-state index contributed by atoms with van der Waals surface area (Å²) in [5, 5.41) is 0.828. The van der Waals surface area contributed by atoms with Gasteiger partial charge in [-0.1, -0.05) is 22.0 Å². The summed E-state index contributed by atoms with van der Waals surface area (Å²) in [5.74, 6) is 0.0872. The number of carbonyl (C=O) groups is 1. The zero-order valence-electron chi connectivity index (χ0n) is 23.1.